The molecule has 0 aliphatic rings. The second-order valence-corrected chi connectivity index (χ2v) is 4.98. The van der Waals surface area contributed by atoms with Crippen LogP contribution in [0.2, 0.25) is 0 Å². The van der Waals surface area contributed by atoms with E-state index in [-0.39, 0.29) is 6.04 Å². The fourth-order valence-electron chi connectivity index (χ4n) is 1.94. The van der Waals surface area contributed by atoms with Crippen molar-refractivity contribution in [3.8, 4) is 0 Å². The van der Waals surface area contributed by atoms with Gasteiger partial charge in [0, 0.05) is 11.8 Å². The normalized spacial score (nSPS) is 12.0. The number of halogens is 1. The molecule has 3 rings (SSSR count). The van der Waals surface area contributed by atoms with E-state index in [1.54, 1.807) is 12.4 Å². The van der Waals surface area contributed by atoms with E-state index < -0.39 is 5.82 Å². The molecule has 3 N–H and O–H groups in total. The number of H-pyrrole nitrogens is 1. The van der Waals surface area contributed by atoms with E-state index in [0.29, 0.717) is 23.3 Å². The van der Waals surface area contributed by atoms with Crippen LogP contribution in [-0.2, 0) is 0 Å². The number of hydrogen-bond donors (Lipinski definition) is 3. The highest BCUT2D eigenvalue weighted by molar-refractivity contribution is 5.53. The van der Waals surface area contributed by atoms with Crippen molar-refractivity contribution in [2.75, 3.05) is 10.6 Å². The van der Waals surface area contributed by atoms with Crippen molar-refractivity contribution in [2.45, 2.75) is 19.9 Å². The maximum Gasteiger partial charge on any atom is 0.159 e. The summed E-state index contributed by atoms with van der Waals surface area (Å²) in [6, 6.07) is 1.62. The number of rotatable bonds is 5. The lowest BCUT2D eigenvalue weighted by Gasteiger charge is -2.13. The highest BCUT2D eigenvalue weighted by Crippen LogP contribution is 2.17. The maximum atomic E-state index is 12.9. The summed E-state index contributed by atoms with van der Waals surface area (Å²) < 4.78 is 12.9. The summed E-state index contributed by atoms with van der Waals surface area (Å²) in [6.45, 7) is 3.76. The van der Waals surface area contributed by atoms with Gasteiger partial charge in [-0.15, -0.1) is 0 Å². The number of nitrogens with zero attached hydrogens (tertiary/aromatic N) is 5. The standard InChI is InChI=1S/C14H15FN8/c1-8-3-11(23-22-8)20-13-7-16-6-12(21-13)19-9(2)14-17-4-10(15)5-18-14/h3-7,9H,1-2H3,(H3,19,20,21,22,23). The lowest BCUT2D eigenvalue weighted by atomic mass is 10.3. The van der Waals surface area contributed by atoms with Gasteiger partial charge in [-0.2, -0.15) is 5.10 Å². The summed E-state index contributed by atoms with van der Waals surface area (Å²) in [6.07, 6.45) is 5.43. The van der Waals surface area contributed by atoms with Crippen LogP contribution in [0.25, 0.3) is 0 Å². The Labute approximate surface area is 131 Å². The van der Waals surface area contributed by atoms with Gasteiger partial charge in [0.2, 0.25) is 0 Å². The van der Waals surface area contributed by atoms with Crippen molar-refractivity contribution in [1.29, 1.82) is 0 Å². The molecule has 0 aliphatic heterocycles. The molecule has 0 aliphatic carbocycles. The van der Waals surface area contributed by atoms with E-state index in [9.17, 15) is 4.39 Å². The predicted molar refractivity (Wildman–Crippen MR) is 82.7 cm³/mol. The quantitative estimate of drug-likeness (QED) is 0.664. The first-order chi connectivity index (χ1) is 11.1. The number of aromatic amines is 1. The first kappa shape index (κ1) is 14.8. The van der Waals surface area contributed by atoms with E-state index in [1.165, 1.54) is 0 Å². The van der Waals surface area contributed by atoms with Crippen LogP contribution in [0.3, 0.4) is 0 Å². The molecule has 3 aromatic heterocycles. The first-order valence-electron chi connectivity index (χ1n) is 6.95. The number of nitrogens with one attached hydrogen (secondary N) is 3. The number of aromatic nitrogens is 6. The van der Waals surface area contributed by atoms with Crippen molar-refractivity contribution < 1.29 is 4.39 Å². The molecule has 0 saturated carbocycles. The van der Waals surface area contributed by atoms with E-state index >= 15 is 0 Å². The Bertz CT molecular complexity index is 785. The topological polar surface area (TPSA) is 104 Å². The molecule has 0 bridgehead atoms. The van der Waals surface area contributed by atoms with Gasteiger partial charge in [0.05, 0.1) is 30.8 Å². The summed E-state index contributed by atoms with van der Waals surface area (Å²) in [5.41, 5.74) is 0.941. The van der Waals surface area contributed by atoms with Crippen LogP contribution in [0.4, 0.5) is 21.8 Å². The van der Waals surface area contributed by atoms with E-state index in [2.05, 4.69) is 40.8 Å². The van der Waals surface area contributed by atoms with Crippen LogP contribution in [0.5, 0.6) is 0 Å². The fourth-order valence-corrected chi connectivity index (χ4v) is 1.94. The first-order valence-corrected chi connectivity index (χ1v) is 6.95. The van der Waals surface area contributed by atoms with E-state index in [0.717, 1.165) is 18.1 Å². The molecule has 1 atom stereocenters. The Kier molecular flexibility index (Phi) is 4.09. The van der Waals surface area contributed by atoms with Crippen LogP contribution >= 0.6 is 0 Å². The Morgan fingerprint density at radius 3 is 2.52 bits per heavy atom. The maximum absolute atomic E-state index is 12.9. The summed E-state index contributed by atoms with van der Waals surface area (Å²) in [7, 11) is 0. The summed E-state index contributed by atoms with van der Waals surface area (Å²) in [5.74, 6) is 1.75. The van der Waals surface area contributed by atoms with Gasteiger partial charge in [0.15, 0.2) is 17.5 Å². The SMILES string of the molecule is Cc1cc(Nc2cncc(NC(C)c3ncc(F)cn3)n2)n[nH]1. The van der Waals surface area contributed by atoms with Crippen molar-refractivity contribution in [3.63, 3.8) is 0 Å². The average Bonchev–Trinajstić information content (AvgIpc) is 2.93. The van der Waals surface area contributed by atoms with Crippen molar-refractivity contribution in [3.05, 3.63) is 48.2 Å². The average molecular weight is 314 g/mol. The molecule has 0 radical (unpaired) electrons. The Balaban J connectivity index is 1.70. The van der Waals surface area contributed by atoms with E-state index in [1.807, 2.05) is 19.9 Å². The second kappa shape index (κ2) is 6.34. The van der Waals surface area contributed by atoms with Gasteiger partial charge < -0.3 is 10.6 Å². The van der Waals surface area contributed by atoms with Gasteiger partial charge >= 0.3 is 0 Å². The monoisotopic (exact) mass is 314 g/mol. The Morgan fingerprint density at radius 1 is 1.09 bits per heavy atom. The highest BCUT2D eigenvalue weighted by atomic mass is 19.1. The smallest absolute Gasteiger partial charge is 0.159 e. The van der Waals surface area contributed by atoms with Gasteiger partial charge in [-0.3, -0.25) is 10.1 Å². The van der Waals surface area contributed by atoms with Crippen LogP contribution in [-0.4, -0.2) is 30.1 Å². The van der Waals surface area contributed by atoms with Crippen LogP contribution < -0.4 is 10.6 Å². The van der Waals surface area contributed by atoms with Crippen LogP contribution in [0.1, 0.15) is 24.5 Å². The molecule has 23 heavy (non-hydrogen) atoms. The number of anilines is 3. The fraction of sp³-hybridized carbons (Fsp3) is 0.214. The molecule has 3 aromatic rings. The lowest BCUT2D eigenvalue weighted by Crippen LogP contribution is -2.12. The van der Waals surface area contributed by atoms with Gasteiger partial charge in [-0.1, -0.05) is 0 Å². The zero-order valence-electron chi connectivity index (χ0n) is 12.6. The summed E-state index contributed by atoms with van der Waals surface area (Å²) in [5, 5.41) is 13.1. The zero-order chi connectivity index (χ0) is 16.2. The van der Waals surface area contributed by atoms with Gasteiger partial charge in [-0.05, 0) is 13.8 Å². The summed E-state index contributed by atoms with van der Waals surface area (Å²) in [4.78, 5) is 16.4. The predicted octanol–water partition coefficient (Wildman–Crippen LogP) is 2.35. The van der Waals surface area contributed by atoms with Crippen molar-refractivity contribution in [2.24, 2.45) is 0 Å². The minimum Gasteiger partial charge on any atom is -0.359 e. The van der Waals surface area contributed by atoms with Gasteiger partial charge in [-0.25, -0.2) is 19.3 Å². The zero-order valence-corrected chi connectivity index (χ0v) is 12.6. The molecular formula is C14H15FN8. The highest BCUT2D eigenvalue weighted by Gasteiger charge is 2.10. The van der Waals surface area contributed by atoms with Gasteiger partial charge in [0.1, 0.15) is 11.6 Å². The molecule has 0 amide bonds. The third kappa shape index (κ3) is 3.76. The molecule has 9 heteroatoms. The summed E-state index contributed by atoms with van der Waals surface area (Å²) >= 11 is 0. The Hall–Kier alpha value is -3.10. The minimum atomic E-state index is -0.471. The molecule has 8 nitrogen and oxygen atoms in total. The minimum absolute atomic E-state index is 0.243. The third-order valence-corrected chi connectivity index (χ3v) is 2.99. The molecular weight excluding hydrogens is 299 g/mol. The molecule has 1 unspecified atom stereocenters. The Morgan fingerprint density at radius 2 is 1.83 bits per heavy atom. The van der Waals surface area contributed by atoms with E-state index in [4.69, 9.17) is 0 Å². The second-order valence-electron chi connectivity index (χ2n) is 4.98. The molecule has 0 spiro atoms. The molecule has 118 valence electrons. The number of hydrogen-bond acceptors (Lipinski definition) is 7. The molecule has 0 saturated heterocycles. The lowest BCUT2D eigenvalue weighted by molar-refractivity contribution is 0.604. The third-order valence-electron chi connectivity index (χ3n) is 2.99. The van der Waals surface area contributed by atoms with Crippen molar-refractivity contribution in [1.82, 2.24) is 30.1 Å². The molecule has 0 fully saturated rings. The van der Waals surface area contributed by atoms with Gasteiger partial charge in [0.25, 0.3) is 0 Å². The molecule has 0 aromatic carbocycles. The van der Waals surface area contributed by atoms with Crippen LogP contribution in [0.15, 0.2) is 30.9 Å². The largest absolute Gasteiger partial charge is 0.359 e. The van der Waals surface area contributed by atoms with Crippen molar-refractivity contribution >= 4 is 17.5 Å². The van der Waals surface area contributed by atoms with Crippen LogP contribution in [0, 0.1) is 12.7 Å². The number of aryl methyl sites for hydroxylation is 1. The molecule has 3 heterocycles.